The number of ether oxygens (including phenoxy) is 1. The Morgan fingerprint density at radius 2 is 1.80 bits per heavy atom. The van der Waals surface area contributed by atoms with Crippen molar-refractivity contribution in [1.82, 2.24) is 9.80 Å². The summed E-state index contributed by atoms with van der Waals surface area (Å²) in [6.07, 6.45) is 0.676. The highest BCUT2D eigenvalue weighted by atomic mass is 16.5. The third kappa shape index (κ3) is 4.31. The zero-order valence-corrected chi connectivity index (χ0v) is 15.2. The van der Waals surface area contributed by atoms with Gasteiger partial charge in [0.1, 0.15) is 5.75 Å². The van der Waals surface area contributed by atoms with Gasteiger partial charge in [-0.05, 0) is 39.4 Å². The third-order valence-electron chi connectivity index (χ3n) is 4.77. The van der Waals surface area contributed by atoms with E-state index in [9.17, 15) is 9.59 Å². The molecule has 2 fully saturated rings. The molecule has 6 heteroatoms. The largest absolute Gasteiger partial charge is 0.489 e. The van der Waals surface area contributed by atoms with Crippen LogP contribution in [0, 0.1) is 11.8 Å². The fourth-order valence-corrected chi connectivity index (χ4v) is 3.17. The fraction of sp³-hybridized carbons (Fsp3) is 0.579. The summed E-state index contributed by atoms with van der Waals surface area (Å²) in [4.78, 5) is 29.2. The number of nitrogens with zero attached hydrogens (tertiary/aromatic N) is 2. The average Bonchev–Trinajstić information content (AvgIpc) is 3.37. The standard InChI is InChI=1S/C19H27N3O3/c1-13(2)25-17-7-5-4-6-16(17)20-18(23)14-12-15(14)19(24)22-10-8-21(3)9-11-22/h4-7,13-15H,8-12H2,1-3H3,(H,20,23). The Labute approximate surface area is 149 Å². The molecule has 0 bridgehead atoms. The molecule has 1 aromatic rings. The van der Waals surface area contributed by atoms with E-state index in [1.807, 2.05) is 43.0 Å². The van der Waals surface area contributed by atoms with Gasteiger partial charge in [-0.1, -0.05) is 12.1 Å². The molecule has 1 aliphatic carbocycles. The topological polar surface area (TPSA) is 61.9 Å². The van der Waals surface area contributed by atoms with E-state index in [0.717, 1.165) is 26.2 Å². The molecule has 1 heterocycles. The number of carbonyl (C=O) groups is 2. The number of hydrogen-bond acceptors (Lipinski definition) is 4. The molecular formula is C19H27N3O3. The number of hydrogen-bond donors (Lipinski definition) is 1. The van der Waals surface area contributed by atoms with Crippen LogP contribution in [-0.2, 0) is 9.59 Å². The number of anilines is 1. The van der Waals surface area contributed by atoms with Crippen LogP contribution in [0.5, 0.6) is 5.75 Å². The SMILES string of the molecule is CC(C)Oc1ccccc1NC(=O)C1CC1C(=O)N1CCN(C)CC1. The second-order valence-electron chi connectivity index (χ2n) is 7.23. The summed E-state index contributed by atoms with van der Waals surface area (Å²) in [5, 5.41) is 2.93. The maximum absolute atomic E-state index is 12.5. The van der Waals surface area contributed by atoms with E-state index in [0.29, 0.717) is 17.9 Å². The molecule has 2 atom stereocenters. The van der Waals surface area contributed by atoms with Crippen LogP contribution in [0.1, 0.15) is 20.3 Å². The Hall–Kier alpha value is -2.08. The summed E-state index contributed by atoms with van der Waals surface area (Å²) in [6.45, 7) is 7.20. The van der Waals surface area contributed by atoms with Gasteiger partial charge in [0.15, 0.2) is 0 Å². The average molecular weight is 345 g/mol. The van der Waals surface area contributed by atoms with Crippen LogP contribution in [0.25, 0.3) is 0 Å². The molecule has 1 aromatic carbocycles. The number of amides is 2. The molecule has 1 N–H and O–H groups in total. The molecule has 2 aliphatic rings. The first-order valence-corrected chi connectivity index (χ1v) is 8.99. The van der Waals surface area contributed by atoms with Gasteiger partial charge >= 0.3 is 0 Å². The molecule has 3 rings (SSSR count). The van der Waals surface area contributed by atoms with E-state index >= 15 is 0 Å². The van der Waals surface area contributed by atoms with Crippen molar-refractivity contribution in [3.05, 3.63) is 24.3 Å². The fourth-order valence-electron chi connectivity index (χ4n) is 3.17. The van der Waals surface area contributed by atoms with Crippen molar-refractivity contribution in [3.8, 4) is 5.75 Å². The lowest BCUT2D eigenvalue weighted by atomic mass is 10.2. The zero-order valence-electron chi connectivity index (χ0n) is 15.2. The lowest BCUT2D eigenvalue weighted by Crippen LogP contribution is -2.48. The van der Waals surface area contributed by atoms with Gasteiger partial charge < -0.3 is 19.9 Å². The van der Waals surface area contributed by atoms with Gasteiger partial charge in [0.25, 0.3) is 0 Å². The molecule has 2 amide bonds. The predicted molar refractivity (Wildman–Crippen MR) is 96.5 cm³/mol. The van der Waals surface area contributed by atoms with Crippen molar-refractivity contribution in [1.29, 1.82) is 0 Å². The molecule has 0 spiro atoms. The Kier molecular flexibility index (Phi) is 5.27. The predicted octanol–water partition coefficient (Wildman–Crippen LogP) is 1.82. The number of carbonyl (C=O) groups excluding carboxylic acids is 2. The Morgan fingerprint density at radius 1 is 1.12 bits per heavy atom. The van der Waals surface area contributed by atoms with Crippen molar-refractivity contribution in [2.45, 2.75) is 26.4 Å². The first-order chi connectivity index (χ1) is 12.0. The maximum Gasteiger partial charge on any atom is 0.228 e. The molecule has 25 heavy (non-hydrogen) atoms. The van der Waals surface area contributed by atoms with Gasteiger partial charge in [-0.25, -0.2) is 0 Å². The minimum atomic E-state index is -0.223. The van der Waals surface area contributed by atoms with E-state index in [1.165, 1.54) is 0 Å². The minimum absolute atomic E-state index is 0.0329. The first kappa shape index (κ1) is 17.7. The van der Waals surface area contributed by atoms with Gasteiger partial charge in [0.2, 0.25) is 11.8 Å². The highest BCUT2D eigenvalue weighted by molar-refractivity contribution is 6.00. The summed E-state index contributed by atoms with van der Waals surface area (Å²) < 4.78 is 5.73. The van der Waals surface area contributed by atoms with E-state index < -0.39 is 0 Å². The minimum Gasteiger partial charge on any atom is -0.489 e. The molecule has 6 nitrogen and oxygen atoms in total. The van der Waals surface area contributed by atoms with Crippen LogP contribution in [0.4, 0.5) is 5.69 Å². The lowest BCUT2D eigenvalue weighted by molar-refractivity contribution is -0.135. The number of para-hydroxylation sites is 2. The molecule has 1 aliphatic heterocycles. The molecule has 0 aromatic heterocycles. The summed E-state index contributed by atoms with van der Waals surface area (Å²) in [7, 11) is 2.06. The number of rotatable bonds is 5. The molecule has 0 radical (unpaired) electrons. The maximum atomic E-state index is 12.5. The van der Waals surface area contributed by atoms with E-state index in [1.54, 1.807) is 0 Å². The molecule has 1 saturated heterocycles. The summed E-state index contributed by atoms with van der Waals surface area (Å²) in [5.41, 5.74) is 0.666. The zero-order chi connectivity index (χ0) is 18.0. The molecule has 2 unspecified atom stereocenters. The van der Waals surface area contributed by atoms with Crippen molar-refractivity contribution in [2.24, 2.45) is 11.8 Å². The number of likely N-dealkylation sites (N-methyl/N-ethyl adjacent to an activating group) is 1. The first-order valence-electron chi connectivity index (χ1n) is 8.99. The van der Waals surface area contributed by atoms with Crippen LogP contribution >= 0.6 is 0 Å². The van der Waals surface area contributed by atoms with Crippen LogP contribution in [0.2, 0.25) is 0 Å². The Bertz CT molecular complexity index is 639. The van der Waals surface area contributed by atoms with Gasteiger partial charge in [0.05, 0.1) is 23.6 Å². The second-order valence-corrected chi connectivity index (χ2v) is 7.23. The van der Waals surface area contributed by atoms with Crippen LogP contribution in [0.15, 0.2) is 24.3 Å². The Balaban J connectivity index is 1.56. The third-order valence-corrected chi connectivity index (χ3v) is 4.77. The van der Waals surface area contributed by atoms with Crippen molar-refractivity contribution in [2.75, 3.05) is 38.5 Å². The quantitative estimate of drug-likeness (QED) is 0.884. The summed E-state index contributed by atoms with van der Waals surface area (Å²) in [5.74, 6) is 0.307. The van der Waals surface area contributed by atoms with Crippen LogP contribution in [-0.4, -0.2) is 60.9 Å². The van der Waals surface area contributed by atoms with E-state index in [-0.39, 0.29) is 29.8 Å². The van der Waals surface area contributed by atoms with Gasteiger partial charge in [-0.15, -0.1) is 0 Å². The smallest absolute Gasteiger partial charge is 0.228 e. The monoisotopic (exact) mass is 345 g/mol. The summed E-state index contributed by atoms with van der Waals surface area (Å²) >= 11 is 0. The number of piperazine rings is 1. The van der Waals surface area contributed by atoms with Gasteiger partial charge in [-0.2, -0.15) is 0 Å². The second kappa shape index (κ2) is 7.44. The van der Waals surface area contributed by atoms with Crippen LogP contribution in [0.3, 0.4) is 0 Å². The molecular weight excluding hydrogens is 318 g/mol. The number of nitrogens with one attached hydrogen (secondary N) is 1. The number of benzene rings is 1. The van der Waals surface area contributed by atoms with Crippen molar-refractivity contribution in [3.63, 3.8) is 0 Å². The van der Waals surface area contributed by atoms with Gasteiger partial charge in [-0.3, -0.25) is 9.59 Å². The van der Waals surface area contributed by atoms with E-state index in [2.05, 4.69) is 17.3 Å². The highest BCUT2D eigenvalue weighted by Gasteiger charge is 2.49. The molecule has 1 saturated carbocycles. The van der Waals surface area contributed by atoms with Crippen molar-refractivity contribution >= 4 is 17.5 Å². The van der Waals surface area contributed by atoms with Crippen LogP contribution < -0.4 is 10.1 Å². The Morgan fingerprint density at radius 3 is 2.48 bits per heavy atom. The lowest BCUT2D eigenvalue weighted by Gasteiger charge is -2.32. The normalized spacial score (nSPS) is 23.4. The molecule has 136 valence electrons. The highest BCUT2D eigenvalue weighted by Crippen LogP contribution is 2.41. The van der Waals surface area contributed by atoms with E-state index in [4.69, 9.17) is 4.74 Å². The summed E-state index contributed by atoms with van der Waals surface area (Å²) in [6, 6.07) is 7.41. The van der Waals surface area contributed by atoms with Gasteiger partial charge in [0, 0.05) is 26.2 Å². The van der Waals surface area contributed by atoms with Crippen molar-refractivity contribution < 1.29 is 14.3 Å².